The molecule has 136 valence electrons. The van der Waals surface area contributed by atoms with Crippen LogP contribution in [0.4, 0.5) is 13.2 Å². The smallest absolute Gasteiger partial charge is 0.476 e. The number of nitrogens with one attached hydrogen (secondary N) is 1. The number of aromatic carboxylic acids is 1. The van der Waals surface area contributed by atoms with Crippen molar-refractivity contribution in [1.29, 1.82) is 0 Å². The first-order valence-electron chi connectivity index (χ1n) is 6.56. The number of hydrogen-bond donors (Lipinski definition) is 2. The maximum Gasteiger partial charge on any atom is 0.573 e. The number of benzene rings is 1. The van der Waals surface area contributed by atoms with E-state index in [-0.39, 0.29) is 15.7 Å². The van der Waals surface area contributed by atoms with Crippen molar-refractivity contribution in [3.63, 3.8) is 0 Å². The van der Waals surface area contributed by atoms with E-state index in [1.807, 2.05) is 0 Å². The van der Waals surface area contributed by atoms with Gasteiger partial charge < -0.3 is 9.84 Å². The van der Waals surface area contributed by atoms with Crippen molar-refractivity contribution in [2.45, 2.75) is 15.7 Å². The van der Waals surface area contributed by atoms with Crippen LogP contribution in [0.25, 0.3) is 11.3 Å². The molecule has 0 bridgehead atoms. The van der Waals surface area contributed by atoms with Gasteiger partial charge in [-0.15, -0.1) is 34.7 Å². The van der Waals surface area contributed by atoms with Crippen LogP contribution in [0, 0.1) is 0 Å². The molecule has 0 atom stereocenters. The molecule has 0 aliphatic carbocycles. The Kier molecular flexibility index (Phi) is 5.07. The lowest BCUT2D eigenvalue weighted by atomic mass is 10.2. The number of rotatable bonds is 5. The molecule has 2 aromatic heterocycles. The van der Waals surface area contributed by atoms with Crippen LogP contribution in [-0.4, -0.2) is 37.8 Å². The molecule has 0 aliphatic heterocycles. The molecule has 26 heavy (non-hydrogen) atoms. The lowest BCUT2D eigenvalue weighted by molar-refractivity contribution is -0.274. The number of aromatic amines is 1. The predicted molar refractivity (Wildman–Crippen MR) is 86.7 cm³/mol. The van der Waals surface area contributed by atoms with Gasteiger partial charge in [-0.3, -0.25) is 0 Å². The van der Waals surface area contributed by atoms with E-state index in [2.05, 4.69) is 25.1 Å². The van der Waals surface area contributed by atoms with Gasteiger partial charge in [0.2, 0.25) is 5.69 Å². The Labute approximate surface area is 156 Å². The molecule has 1 aromatic carbocycles. The van der Waals surface area contributed by atoms with E-state index in [0.29, 0.717) is 15.6 Å². The minimum Gasteiger partial charge on any atom is -0.476 e. The van der Waals surface area contributed by atoms with Crippen molar-refractivity contribution >= 4 is 40.7 Å². The summed E-state index contributed by atoms with van der Waals surface area (Å²) in [7, 11) is 0. The molecule has 13 heteroatoms. The predicted octanol–water partition coefficient (Wildman–Crippen LogP) is 4.33. The van der Waals surface area contributed by atoms with Crippen LogP contribution >= 0.6 is 34.7 Å². The summed E-state index contributed by atoms with van der Waals surface area (Å²) in [5.41, 5.74) is 0.702. The van der Waals surface area contributed by atoms with Gasteiger partial charge in [0.1, 0.15) is 5.75 Å². The zero-order valence-corrected chi connectivity index (χ0v) is 14.6. The Morgan fingerprint density at radius 2 is 2.12 bits per heavy atom. The Morgan fingerprint density at radius 3 is 2.77 bits per heavy atom. The van der Waals surface area contributed by atoms with Gasteiger partial charge >= 0.3 is 12.3 Å². The van der Waals surface area contributed by atoms with Gasteiger partial charge in [0.15, 0.2) is 9.37 Å². The highest BCUT2D eigenvalue weighted by atomic mass is 35.5. The number of carboxylic acid groups (broad SMARTS) is 1. The van der Waals surface area contributed by atoms with E-state index in [1.165, 1.54) is 23.5 Å². The summed E-state index contributed by atoms with van der Waals surface area (Å²) in [6, 6.07) is 3.78. The fraction of sp³-hybridized carbons (Fsp3) is 0.0769. The zero-order chi connectivity index (χ0) is 18.9. The van der Waals surface area contributed by atoms with E-state index in [4.69, 9.17) is 16.7 Å². The zero-order valence-electron chi connectivity index (χ0n) is 12.2. The highest BCUT2D eigenvalue weighted by molar-refractivity contribution is 8.01. The second kappa shape index (κ2) is 7.13. The second-order valence-electron chi connectivity index (χ2n) is 4.58. The lowest BCUT2D eigenvalue weighted by Gasteiger charge is -2.10. The maximum absolute atomic E-state index is 12.3. The Balaban J connectivity index is 1.80. The van der Waals surface area contributed by atoms with Crippen LogP contribution in [-0.2, 0) is 0 Å². The van der Waals surface area contributed by atoms with Crippen LogP contribution < -0.4 is 4.74 Å². The highest BCUT2D eigenvalue weighted by Crippen LogP contribution is 2.36. The molecule has 0 amide bonds. The monoisotopic (exact) mass is 422 g/mol. The summed E-state index contributed by atoms with van der Waals surface area (Å²) in [6.07, 6.45) is -4.84. The first-order valence-corrected chi connectivity index (χ1v) is 8.63. The number of carbonyl (C=O) groups is 1. The number of ether oxygens (including phenoxy) is 1. The van der Waals surface area contributed by atoms with Crippen molar-refractivity contribution in [3.05, 3.63) is 34.3 Å². The number of H-pyrrole nitrogens is 1. The van der Waals surface area contributed by atoms with E-state index in [0.717, 1.165) is 17.8 Å². The van der Waals surface area contributed by atoms with E-state index in [9.17, 15) is 18.0 Å². The third kappa shape index (κ3) is 4.26. The minimum atomic E-state index is -4.84. The molecule has 0 fully saturated rings. The van der Waals surface area contributed by atoms with Crippen molar-refractivity contribution in [3.8, 4) is 17.0 Å². The van der Waals surface area contributed by atoms with Gasteiger partial charge in [-0.2, -0.15) is 5.21 Å². The second-order valence-corrected chi connectivity index (χ2v) is 7.08. The largest absolute Gasteiger partial charge is 0.573 e. The van der Waals surface area contributed by atoms with Crippen molar-refractivity contribution in [2.24, 2.45) is 0 Å². The SMILES string of the molecule is O=C(O)c1n[nH]nc1Sc1nc(-c2ccc(OC(F)(F)F)c(Cl)c2)cs1. The molecule has 0 saturated carbocycles. The summed E-state index contributed by atoms with van der Waals surface area (Å²) in [6.45, 7) is 0. The first-order chi connectivity index (χ1) is 12.2. The molecule has 2 N–H and O–H groups in total. The number of nitrogens with zero attached hydrogens (tertiary/aromatic N) is 3. The third-order valence-electron chi connectivity index (χ3n) is 2.84. The molecule has 0 aliphatic rings. The van der Waals surface area contributed by atoms with Crippen molar-refractivity contribution in [1.82, 2.24) is 20.4 Å². The molecule has 0 unspecified atom stereocenters. The number of aromatic nitrogens is 4. The molecule has 0 radical (unpaired) electrons. The van der Waals surface area contributed by atoms with E-state index in [1.54, 1.807) is 5.38 Å². The van der Waals surface area contributed by atoms with Gasteiger partial charge in [-0.05, 0) is 30.0 Å². The van der Waals surface area contributed by atoms with Gasteiger partial charge in [0.05, 0.1) is 10.7 Å². The summed E-state index contributed by atoms with van der Waals surface area (Å²) in [4.78, 5) is 15.3. The molecular weight excluding hydrogens is 417 g/mol. The average molecular weight is 423 g/mol. The van der Waals surface area contributed by atoms with Crippen molar-refractivity contribution < 1.29 is 27.8 Å². The molecule has 3 rings (SSSR count). The molecule has 7 nitrogen and oxygen atoms in total. The van der Waals surface area contributed by atoms with Gasteiger partial charge in [-0.25, -0.2) is 9.78 Å². The number of carboxylic acids is 1. The van der Waals surface area contributed by atoms with Crippen LogP contribution in [0.3, 0.4) is 0 Å². The van der Waals surface area contributed by atoms with Crippen LogP contribution in [0.5, 0.6) is 5.75 Å². The minimum absolute atomic E-state index is 0.144. The number of thiazole rings is 1. The third-order valence-corrected chi connectivity index (χ3v) is 5.05. The quantitative estimate of drug-likeness (QED) is 0.631. The first kappa shape index (κ1) is 18.5. The van der Waals surface area contributed by atoms with Crippen molar-refractivity contribution in [2.75, 3.05) is 0 Å². The maximum atomic E-state index is 12.3. The summed E-state index contributed by atoms with van der Waals surface area (Å²) >= 11 is 8.02. The number of hydrogen-bond acceptors (Lipinski definition) is 7. The van der Waals surface area contributed by atoms with E-state index >= 15 is 0 Å². The fourth-order valence-corrected chi connectivity index (χ4v) is 3.79. The Bertz CT molecular complexity index is 960. The summed E-state index contributed by atoms with van der Waals surface area (Å²) < 4.78 is 41.1. The van der Waals surface area contributed by atoms with Gasteiger partial charge in [0, 0.05) is 10.9 Å². The molecule has 0 spiro atoms. The molecule has 3 aromatic rings. The average Bonchev–Trinajstić information content (AvgIpc) is 3.18. The van der Waals surface area contributed by atoms with Gasteiger partial charge in [0.25, 0.3) is 0 Å². The summed E-state index contributed by atoms with van der Waals surface area (Å²) in [5.74, 6) is -1.74. The van der Waals surface area contributed by atoms with Crippen LogP contribution in [0.15, 0.2) is 32.9 Å². The topological polar surface area (TPSA) is 101 Å². The molecule has 2 heterocycles. The van der Waals surface area contributed by atoms with E-state index < -0.39 is 18.1 Å². The normalized spacial score (nSPS) is 11.5. The van der Waals surface area contributed by atoms with Crippen LogP contribution in [0.1, 0.15) is 10.5 Å². The highest BCUT2D eigenvalue weighted by Gasteiger charge is 2.32. The fourth-order valence-electron chi connectivity index (χ4n) is 1.82. The molecular formula is C13H6ClF3N4O3S2. The van der Waals surface area contributed by atoms with Gasteiger partial charge in [-0.1, -0.05) is 11.6 Å². The number of alkyl halides is 3. The van der Waals surface area contributed by atoms with Crippen LogP contribution in [0.2, 0.25) is 5.02 Å². The lowest BCUT2D eigenvalue weighted by Crippen LogP contribution is -2.17. The Morgan fingerprint density at radius 1 is 1.35 bits per heavy atom. The Hall–Kier alpha value is -2.31. The standard InChI is InChI=1S/C13H6ClF3N4O3S2/c14-6-3-5(1-2-8(6)24-13(15,16)17)7-4-25-12(18-7)26-10-9(11(22)23)19-21-20-10/h1-4H,(H,22,23)(H,19,20,21). The summed E-state index contributed by atoms with van der Waals surface area (Å²) in [5, 5.41) is 20.1. The number of halogens is 4. The molecule has 0 saturated heterocycles.